The van der Waals surface area contributed by atoms with Crippen molar-refractivity contribution in [2.45, 2.75) is 6.42 Å². The number of rotatable bonds is 6. The molecule has 0 unspecified atom stereocenters. The number of hydrogen-bond donors (Lipinski definition) is 1. The van der Waals surface area contributed by atoms with Crippen molar-refractivity contribution in [3.63, 3.8) is 0 Å². The van der Waals surface area contributed by atoms with Crippen LogP contribution >= 0.6 is 0 Å². The highest BCUT2D eigenvalue weighted by Crippen LogP contribution is 2.33. The van der Waals surface area contributed by atoms with E-state index >= 15 is 0 Å². The molecule has 0 bridgehead atoms. The van der Waals surface area contributed by atoms with Gasteiger partial charge in [0.25, 0.3) is 5.91 Å². The third kappa shape index (κ3) is 3.41. The molecule has 2 heterocycles. The van der Waals surface area contributed by atoms with Gasteiger partial charge in [0.2, 0.25) is 12.7 Å². The molecule has 0 saturated carbocycles. The fourth-order valence-electron chi connectivity index (χ4n) is 2.83. The molecule has 0 atom stereocenters. The van der Waals surface area contributed by atoms with Gasteiger partial charge in [0.15, 0.2) is 23.0 Å². The first-order valence-electron chi connectivity index (χ1n) is 8.41. The molecule has 4 rings (SSSR count). The molecule has 0 fully saturated rings. The van der Waals surface area contributed by atoms with Gasteiger partial charge >= 0.3 is 6.01 Å². The standard InChI is InChI=1S/C19H17N3O6/c1-24-14-5-3-4-12(17(14)25-2)18(23)20-19-22-21-16(28-19)9-11-6-7-13-15(8-11)27-10-26-13/h3-8H,9-10H2,1-2H3,(H,20,22,23). The van der Waals surface area contributed by atoms with E-state index in [0.717, 1.165) is 5.56 Å². The van der Waals surface area contributed by atoms with Crippen LogP contribution < -0.4 is 24.3 Å². The summed E-state index contributed by atoms with van der Waals surface area (Å²) in [6.45, 7) is 0.212. The zero-order valence-corrected chi connectivity index (χ0v) is 15.2. The van der Waals surface area contributed by atoms with E-state index in [1.807, 2.05) is 18.2 Å². The molecule has 0 aliphatic carbocycles. The molecule has 0 radical (unpaired) electrons. The Labute approximate surface area is 160 Å². The van der Waals surface area contributed by atoms with Gasteiger partial charge in [-0.15, -0.1) is 5.10 Å². The van der Waals surface area contributed by atoms with Crippen LogP contribution in [0.2, 0.25) is 0 Å². The molecule has 0 spiro atoms. The number of nitrogens with zero attached hydrogens (tertiary/aromatic N) is 2. The number of methoxy groups -OCH3 is 2. The third-order valence-corrected chi connectivity index (χ3v) is 4.13. The second-order valence-electron chi connectivity index (χ2n) is 5.86. The van der Waals surface area contributed by atoms with Crippen molar-refractivity contribution < 1.29 is 28.2 Å². The summed E-state index contributed by atoms with van der Waals surface area (Å²) in [7, 11) is 2.96. The molecule has 3 aromatic rings. The van der Waals surface area contributed by atoms with Crippen molar-refractivity contribution in [1.29, 1.82) is 0 Å². The Morgan fingerprint density at radius 3 is 2.79 bits per heavy atom. The Morgan fingerprint density at radius 2 is 1.96 bits per heavy atom. The SMILES string of the molecule is COc1cccc(C(=O)Nc2nnc(Cc3ccc4c(c3)OCO4)o2)c1OC. The lowest BCUT2D eigenvalue weighted by molar-refractivity contribution is 0.102. The number of para-hydroxylation sites is 1. The first-order chi connectivity index (χ1) is 13.7. The van der Waals surface area contributed by atoms with Crippen LogP contribution in [0.5, 0.6) is 23.0 Å². The van der Waals surface area contributed by atoms with Crippen LogP contribution in [-0.4, -0.2) is 37.1 Å². The predicted molar refractivity (Wildman–Crippen MR) is 97.2 cm³/mol. The number of fused-ring (bicyclic) bond motifs is 1. The number of carbonyl (C=O) groups is 1. The van der Waals surface area contributed by atoms with Crippen molar-refractivity contribution in [1.82, 2.24) is 10.2 Å². The molecule has 0 saturated heterocycles. The molecule has 1 aliphatic heterocycles. The van der Waals surface area contributed by atoms with Crippen LogP contribution in [0.25, 0.3) is 0 Å². The van der Waals surface area contributed by atoms with Gasteiger partial charge in [-0.05, 0) is 29.8 Å². The minimum absolute atomic E-state index is 0.00869. The molecule has 144 valence electrons. The van der Waals surface area contributed by atoms with Crippen molar-refractivity contribution in [3.05, 3.63) is 53.4 Å². The van der Waals surface area contributed by atoms with E-state index in [2.05, 4.69) is 15.5 Å². The second-order valence-corrected chi connectivity index (χ2v) is 5.86. The average molecular weight is 383 g/mol. The average Bonchev–Trinajstić information content (AvgIpc) is 3.36. The maximum absolute atomic E-state index is 12.6. The maximum atomic E-state index is 12.6. The number of carbonyl (C=O) groups excluding carboxylic acids is 1. The number of ether oxygens (including phenoxy) is 4. The van der Waals surface area contributed by atoms with Gasteiger partial charge in [-0.2, -0.15) is 0 Å². The number of amides is 1. The number of nitrogens with one attached hydrogen (secondary N) is 1. The fourth-order valence-corrected chi connectivity index (χ4v) is 2.83. The Bertz CT molecular complexity index is 1020. The van der Waals surface area contributed by atoms with Crippen molar-refractivity contribution in [2.24, 2.45) is 0 Å². The van der Waals surface area contributed by atoms with Crippen LogP contribution in [0.3, 0.4) is 0 Å². The molecular weight excluding hydrogens is 366 g/mol. The number of hydrogen-bond acceptors (Lipinski definition) is 8. The predicted octanol–water partition coefficient (Wildman–Crippen LogP) is 2.66. The maximum Gasteiger partial charge on any atom is 0.322 e. The van der Waals surface area contributed by atoms with E-state index in [1.165, 1.54) is 14.2 Å². The van der Waals surface area contributed by atoms with Crippen LogP contribution in [0.4, 0.5) is 6.01 Å². The lowest BCUT2D eigenvalue weighted by atomic mass is 10.1. The van der Waals surface area contributed by atoms with Crippen LogP contribution in [0, 0.1) is 0 Å². The smallest absolute Gasteiger partial charge is 0.322 e. The zero-order valence-electron chi connectivity index (χ0n) is 15.2. The molecule has 1 amide bonds. The molecule has 2 aromatic carbocycles. The Kier molecular flexibility index (Phi) is 4.71. The molecule has 9 heteroatoms. The van der Waals surface area contributed by atoms with Gasteiger partial charge in [0.05, 0.1) is 26.2 Å². The second kappa shape index (κ2) is 7.47. The van der Waals surface area contributed by atoms with Crippen LogP contribution in [0.15, 0.2) is 40.8 Å². The summed E-state index contributed by atoms with van der Waals surface area (Å²) in [5.74, 6) is 2.05. The van der Waals surface area contributed by atoms with Gasteiger partial charge in [0.1, 0.15) is 0 Å². The van der Waals surface area contributed by atoms with Gasteiger partial charge < -0.3 is 23.4 Å². The summed E-state index contributed by atoms with van der Waals surface area (Å²) in [4.78, 5) is 12.6. The summed E-state index contributed by atoms with van der Waals surface area (Å²) >= 11 is 0. The van der Waals surface area contributed by atoms with E-state index in [9.17, 15) is 4.79 Å². The minimum atomic E-state index is -0.450. The van der Waals surface area contributed by atoms with E-state index in [4.69, 9.17) is 23.4 Å². The van der Waals surface area contributed by atoms with Crippen molar-refractivity contribution >= 4 is 11.9 Å². The minimum Gasteiger partial charge on any atom is -0.493 e. The van der Waals surface area contributed by atoms with E-state index in [1.54, 1.807) is 18.2 Å². The Balaban J connectivity index is 1.47. The topological polar surface area (TPSA) is 105 Å². The highest BCUT2D eigenvalue weighted by Gasteiger charge is 2.19. The van der Waals surface area contributed by atoms with Crippen molar-refractivity contribution in [2.75, 3.05) is 26.3 Å². The first-order valence-corrected chi connectivity index (χ1v) is 8.41. The summed E-state index contributed by atoms with van der Waals surface area (Å²) in [5.41, 5.74) is 1.21. The van der Waals surface area contributed by atoms with Crippen LogP contribution in [-0.2, 0) is 6.42 Å². The molecular formula is C19H17N3O6. The van der Waals surface area contributed by atoms with E-state index in [0.29, 0.717) is 35.3 Å². The normalized spacial score (nSPS) is 11.9. The van der Waals surface area contributed by atoms with Crippen molar-refractivity contribution in [3.8, 4) is 23.0 Å². The zero-order chi connectivity index (χ0) is 19.5. The summed E-state index contributed by atoms with van der Waals surface area (Å²) in [5, 5.41) is 10.4. The number of aromatic nitrogens is 2. The molecule has 1 aromatic heterocycles. The molecule has 1 N–H and O–H groups in total. The van der Waals surface area contributed by atoms with E-state index < -0.39 is 5.91 Å². The van der Waals surface area contributed by atoms with Gasteiger partial charge in [-0.25, -0.2) is 0 Å². The van der Waals surface area contributed by atoms with Gasteiger partial charge in [-0.3, -0.25) is 10.1 Å². The summed E-state index contributed by atoms with van der Waals surface area (Å²) in [6, 6.07) is 10.6. The van der Waals surface area contributed by atoms with Crippen LogP contribution in [0.1, 0.15) is 21.8 Å². The Hall–Kier alpha value is -3.75. The highest BCUT2D eigenvalue weighted by atomic mass is 16.7. The first kappa shape index (κ1) is 17.7. The Morgan fingerprint density at radius 1 is 1.11 bits per heavy atom. The molecule has 1 aliphatic rings. The fraction of sp³-hybridized carbons (Fsp3) is 0.211. The van der Waals surface area contributed by atoms with E-state index in [-0.39, 0.29) is 18.4 Å². The van der Waals surface area contributed by atoms with Gasteiger partial charge in [0, 0.05) is 0 Å². The monoisotopic (exact) mass is 383 g/mol. The number of anilines is 1. The van der Waals surface area contributed by atoms with Gasteiger partial charge in [-0.1, -0.05) is 17.2 Å². The largest absolute Gasteiger partial charge is 0.493 e. The number of benzene rings is 2. The highest BCUT2D eigenvalue weighted by molar-refractivity contribution is 6.05. The quantitative estimate of drug-likeness (QED) is 0.693. The summed E-state index contributed by atoms with van der Waals surface area (Å²) < 4.78 is 26.7. The lowest BCUT2D eigenvalue weighted by Crippen LogP contribution is -2.13. The summed E-state index contributed by atoms with van der Waals surface area (Å²) in [6.07, 6.45) is 0.391. The lowest BCUT2D eigenvalue weighted by Gasteiger charge is -2.11. The molecule has 28 heavy (non-hydrogen) atoms. The molecule has 9 nitrogen and oxygen atoms in total. The third-order valence-electron chi connectivity index (χ3n) is 4.13.